The lowest BCUT2D eigenvalue weighted by molar-refractivity contribution is -0.191. The second-order valence-corrected chi connectivity index (χ2v) is 9.63. The molecule has 0 spiro atoms. The Kier molecular flexibility index (Phi) is 6.92. The topological polar surface area (TPSA) is 132 Å². The van der Waals surface area contributed by atoms with Crippen molar-refractivity contribution in [1.29, 1.82) is 0 Å². The molecule has 0 aromatic carbocycles. The molecule has 1 amide bonds. The van der Waals surface area contributed by atoms with Crippen molar-refractivity contribution >= 4 is 28.9 Å². The van der Waals surface area contributed by atoms with Crippen molar-refractivity contribution in [2.24, 2.45) is 0 Å². The van der Waals surface area contributed by atoms with E-state index in [4.69, 9.17) is 19.1 Å². The Hall–Kier alpha value is -3.79. The molecule has 11 heteroatoms. The van der Waals surface area contributed by atoms with Gasteiger partial charge in [0.2, 0.25) is 0 Å². The second kappa shape index (κ2) is 10.3. The lowest BCUT2D eigenvalue weighted by atomic mass is 9.69. The Morgan fingerprint density at radius 2 is 1.95 bits per heavy atom. The van der Waals surface area contributed by atoms with Crippen molar-refractivity contribution < 1.29 is 28.2 Å². The molecule has 3 aromatic heterocycles. The minimum absolute atomic E-state index is 0.0228. The number of carbonyl (C=O) groups is 1. The summed E-state index contributed by atoms with van der Waals surface area (Å²) in [4.78, 5) is 40.9. The van der Waals surface area contributed by atoms with E-state index in [1.54, 1.807) is 6.20 Å². The van der Waals surface area contributed by atoms with Gasteiger partial charge in [-0.25, -0.2) is 9.37 Å². The zero-order chi connectivity index (χ0) is 25.9. The van der Waals surface area contributed by atoms with Crippen LogP contribution in [0.3, 0.4) is 0 Å². The van der Waals surface area contributed by atoms with Crippen LogP contribution < -0.4 is 15.4 Å². The van der Waals surface area contributed by atoms with E-state index in [-0.39, 0.29) is 35.6 Å². The summed E-state index contributed by atoms with van der Waals surface area (Å²) in [6.45, 7) is 1.23. The summed E-state index contributed by atoms with van der Waals surface area (Å²) in [5, 5.41) is 6.42. The fraction of sp³-hybridized carbons (Fsp3) is 0.423. The van der Waals surface area contributed by atoms with Gasteiger partial charge < -0.3 is 20.1 Å². The number of pyridine rings is 3. The van der Waals surface area contributed by atoms with E-state index in [1.165, 1.54) is 6.20 Å². The van der Waals surface area contributed by atoms with E-state index in [2.05, 4.69) is 25.6 Å². The molecule has 2 N–H and O–H groups in total. The van der Waals surface area contributed by atoms with Gasteiger partial charge in [0.25, 0.3) is 5.91 Å². The summed E-state index contributed by atoms with van der Waals surface area (Å²) in [5.74, 6) is 0.576. The van der Waals surface area contributed by atoms with Crippen LogP contribution in [0.5, 0.6) is 5.75 Å². The summed E-state index contributed by atoms with van der Waals surface area (Å²) < 4.78 is 26.4. The number of amides is 1. The molecule has 1 aliphatic carbocycles. The first-order valence-electron chi connectivity index (χ1n) is 12.1. The van der Waals surface area contributed by atoms with E-state index in [0.717, 1.165) is 43.3 Å². The largest absolute Gasteiger partial charge is 0.480 e. The molecule has 6 heterocycles. The molecule has 0 unspecified atom stereocenters. The van der Waals surface area contributed by atoms with E-state index in [9.17, 15) is 9.18 Å². The SMILES string of the molecule is O=C1COc2ccc(CNC34CCC(CCc5c(F)cnc6cccnc56)(CC3)OC4)nc2N1.O=C=O. The average molecular weight is 508 g/mol. The van der Waals surface area contributed by atoms with Gasteiger partial charge in [0, 0.05) is 23.8 Å². The number of nitrogens with one attached hydrogen (secondary N) is 2. The van der Waals surface area contributed by atoms with Crippen LogP contribution in [0.15, 0.2) is 36.7 Å². The second-order valence-electron chi connectivity index (χ2n) is 9.63. The number of hydrogen-bond donors (Lipinski definition) is 2. The van der Waals surface area contributed by atoms with Crippen molar-refractivity contribution in [2.45, 2.75) is 56.2 Å². The molecular formula is C26H26FN5O5. The lowest BCUT2D eigenvalue weighted by Crippen LogP contribution is -2.61. The highest BCUT2D eigenvalue weighted by atomic mass is 19.1. The molecule has 0 atom stereocenters. The first kappa shape index (κ1) is 24.9. The number of anilines is 1. The lowest BCUT2D eigenvalue weighted by Gasteiger charge is -2.53. The van der Waals surface area contributed by atoms with Gasteiger partial charge in [-0.05, 0) is 62.8 Å². The predicted octanol–water partition coefficient (Wildman–Crippen LogP) is 2.72. The maximum atomic E-state index is 14.6. The molecule has 3 aromatic rings. The summed E-state index contributed by atoms with van der Waals surface area (Å²) in [6.07, 6.45) is 8.42. The number of ether oxygens (including phenoxy) is 2. The summed E-state index contributed by atoms with van der Waals surface area (Å²) in [7, 11) is 0. The van der Waals surface area contributed by atoms with E-state index < -0.39 is 0 Å². The normalized spacial score (nSPS) is 23.8. The molecule has 10 nitrogen and oxygen atoms in total. The molecule has 2 saturated heterocycles. The van der Waals surface area contributed by atoms with Crippen LogP contribution in [0.4, 0.5) is 10.2 Å². The third-order valence-corrected chi connectivity index (χ3v) is 7.46. The van der Waals surface area contributed by atoms with Crippen molar-refractivity contribution in [1.82, 2.24) is 20.3 Å². The van der Waals surface area contributed by atoms with Crippen LogP contribution in [0.2, 0.25) is 0 Å². The van der Waals surface area contributed by atoms with Gasteiger partial charge in [0.05, 0.1) is 35.1 Å². The monoisotopic (exact) mass is 507 g/mol. The number of fused-ring (bicyclic) bond motifs is 5. The maximum Gasteiger partial charge on any atom is 0.373 e. The Morgan fingerprint density at radius 1 is 1.14 bits per heavy atom. The number of nitrogens with zero attached hydrogens (tertiary/aromatic N) is 3. The van der Waals surface area contributed by atoms with Crippen molar-refractivity contribution in [2.75, 3.05) is 18.5 Å². The fourth-order valence-electron chi connectivity index (χ4n) is 5.34. The minimum atomic E-state index is -0.302. The molecule has 3 fully saturated rings. The number of aryl methyl sites for hydroxylation is 1. The molecule has 0 radical (unpaired) electrons. The zero-order valence-electron chi connectivity index (χ0n) is 20.1. The Bertz CT molecular complexity index is 1340. The standard InChI is InChI=1S/C25H26FN5O3.CO2/c26-18-13-28-19-2-1-11-27-22(19)17(18)5-6-25-9-7-24(8-10-25,15-34-25)29-12-16-3-4-20-23(30-16)31-21(32)14-33-20;2-1-3/h1-4,11,13,29H,5-10,12,14-15H2,(H,30,31,32);. The Balaban J connectivity index is 0.000000892. The molecule has 1 saturated carbocycles. The van der Waals surface area contributed by atoms with Crippen LogP contribution in [0.1, 0.15) is 43.4 Å². The van der Waals surface area contributed by atoms with Gasteiger partial charge in [-0.2, -0.15) is 9.59 Å². The molecular weight excluding hydrogens is 481 g/mol. The first-order chi connectivity index (χ1) is 17.9. The number of hydrogen-bond acceptors (Lipinski definition) is 9. The zero-order valence-corrected chi connectivity index (χ0v) is 20.1. The first-order valence-corrected chi connectivity index (χ1v) is 12.1. The van der Waals surface area contributed by atoms with Crippen molar-refractivity contribution in [3.8, 4) is 5.75 Å². The molecule has 37 heavy (non-hydrogen) atoms. The summed E-state index contributed by atoms with van der Waals surface area (Å²) in [5.41, 5.74) is 2.52. The minimum Gasteiger partial charge on any atom is -0.480 e. The van der Waals surface area contributed by atoms with Crippen LogP contribution in [-0.4, -0.2) is 51.4 Å². The van der Waals surface area contributed by atoms with E-state index >= 15 is 0 Å². The predicted molar refractivity (Wildman–Crippen MR) is 128 cm³/mol. The number of rotatable bonds is 6. The molecule has 192 valence electrons. The molecule has 3 aliphatic heterocycles. The smallest absolute Gasteiger partial charge is 0.373 e. The summed E-state index contributed by atoms with van der Waals surface area (Å²) in [6, 6.07) is 7.44. The summed E-state index contributed by atoms with van der Waals surface area (Å²) >= 11 is 0. The molecule has 2 bridgehead atoms. The fourth-order valence-corrected chi connectivity index (χ4v) is 5.34. The third-order valence-electron chi connectivity index (χ3n) is 7.46. The van der Waals surface area contributed by atoms with Gasteiger partial charge in [-0.3, -0.25) is 14.8 Å². The highest BCUT2D eigenvalue weighted by Gasteiger charge is 2.49. The van der Waals surface area contributed by atoms with Crippen LogP contribution in [0, 0.1) is 5.82 Å². The van der Waals surface area contributed by atoms with Crippen LogP contribution in [0.25, 0.3) is 11.0 Å². The molecule has 4 aliphatic rings. The van der Waals surface area contributed by atoms with Crippen LogP contribution in [-0.2, 0) is 32.1 Å². The Morgan fingerprint density at radius 3 is 2.70 bits per heavy atom. The van der Waals surface area contributed by atoms with Gasteiger partial charge in [0.15, 0.2) is 18.2 Å². The van der Waals surface area contributed by atoms with Gasteiger partial charge >= 0.3 is 6.15 Å². The number of halogens is 1. The maximum absolute atomic E-state index is 14.6. The van der Waals surface area contributed by atoms with Crippen molar-refractivity contribution in [3.05, 3.63) is 53.7 Å². The van der Waals surface area contributed by atoms with Gasteiger partial charge in [-0.15, -0.1) is 0 Å². The third kappa shape index (κ3) is 5.20. The Labute approximate surface area is 212 Å². The highest BCUT2D eigenvalue weighted by molar-refractivity contribution is 5.94. The highest BCUT2D eigenvalue weighted by Crippen LogP contribution is 2.46. The van der Waals surface area contributed by atoms with E-state index in [1.807, 2.05) is 24.3 Å². The van der Waals surface area contributed by atoms with Gasteiger partial charge in [0.1, 0.15) is 5.82 Å². The number of aromatic nitrogens is 3. The van der Waals surface area contributed by atoms with E-state index in [0.29, 0.717) is 42.2 Å². The number of carbonyl (C=O) groups excluding carboxylic acids is 3. The van der Waals surface area contributed by atoms with Crippen molar-refractivity contribution in [3.63, 3.8) is 0 Å². The van der Waals surface area contributed by atoms with Gasteiger partial charge in [-0.1, -0.05) is 0 Å². The average Bonchev–Trinajstić information content (AvgIpc) is 2.93. The molecule has 7 rings (SSSR count). The quantitative estimate of drug-likeness (QED) is 0.517. The van der Waals surface area contributed by atoms with Crippen LogP contribution >= 0.6 is 0 Å².